The minimum absolute atomic E-state index is 0.161. The number of anilines is 2. The van der Waals surface area contributed by atoms with Crippen LogP contribution in [0.5, 0.6) is 0 Å². The van der Waals surface area contributed by atoms with Crippen LogP contribution in [0.25, 0.3) is 22.6 Å². The van der Waals surface area contributed by atoms with Crippen molar-refractivity contribution in [3.63, 3.8) is 0 Å². The second kappa shape index (κ2) is 9.52. The SMILES string of the molecule is C#Cc1cccc(-c2cc(-c3cn(Cc4cccc(N5CCN(C)C[C@@H]5C)n4)nn3)nc(N)n2)c1. The molecule has 0 radical (unpaired) electrons. The maximum absolute atomic E-state index is 6.01. The third kappa shape index (κ3) is 4.98. The van der Waals surface area contributed by atoms with Gasteiger partial charge in [0.05, 0.1) is 29.8 Å². The Morgan fingerprint density at radius 2 is 1.86 bits per heavy atom. The monoisotopic (exact) mass is 465 g/mol. The first-order valence-corrected chi connectivity index (χ1v) is 11.5. The Balaban J connectivity index is 1.37. The second-order valence-electron chi connectivity index (χ2n) is 8.81. The fourth-order valence-corrected chi connectivity index (χ4v) is 4.37. The molecule has 2 N–H and O–H groups in total. The summed E-state index contributed by atoms with van der Waals surface area (Å²) in [5.74, 6) is 3.79. The molecule has 5 rings (SSSR count). The van der Waals surface area contributed by atoms with Crippen molar-refractivity contribution in [1.29, 1.82) is 0 Å². The summed E-state index contributed by atoms with van der Waals surface area (Å²) in [5.41, 5.74) is 10.4. The topological polar surface area (TPSA) is 102 Å². The maximum atomic E-state index is 6.01. The highest BCUT2D eigenvalue weighted by molar-refractivity contribution is 5.68. The van der Waals surface area contributed by atoms with Crippen LogP contribution in [0.1, 0.15) is 18.2 Å². The largest absolute Gasteiger partial charge is 0.368 e. The smallest absolute Gasteiger partial charge is 0.221 e. The van der Waals surface area contributed by atoms with Crippen molar-refractivity contribution >= 4 is 11.8 Å². The number of nitrogens with two attached hydrogens (primary N) is 1. The first-order chi connectivity index (χ1) is 17.0. The number of nitrogens with zero attached hydrogens (tertiary/aromatic N) is 8. The lowest BCUT2D eigenvalue weighted by Gasteiger charge is -2.39. The number of nitrogen functional groups attached to an aromatic ring is 1. The maximum Gasteiger partial charge on any atom is 0.221 e. The number of benzene rings is 1. The van der Waals surface area contributed by atoms with Crippen LogP contribution in [0.3, 0.4) is 0 Å². The molecule has 0 bridgehead atoms. The summed E-state index contributed by atoms with van der Waals surface area (Å²) in [6.07, 6.45) is 7.38. The van der Waals surface area contributed by atoms with Crippen LogP contribution in [-0.2, 0) is 6.54 Å². The van der Waals surface area contributed by atoms with Gasteiger partial charge in [-0.25, -0.2) is 19.6 Å². The molecule has 1 aromatic carbocycles. The van der Waals surface area contributed by atoms with Gasteiger partial charge < -0.3 is 15.5 Å². The quantitative estimate of drug-likeness (QED) is 0.449. The van der Waals surface area contributed by atoms with Crippen molar-refractivity contribution < 1.29 is 0 Å². The molecule has 1 aliphatic rings. The van der Waals surface area contributed by atoms with Crippen molar-refractivity contribution in [3.8, 4) is 35.0 Å². The molecule has 35 heavy (non-hydrogen) atoms. The van der Waals surface area contributed by atoms with Crippen LogP contribution >= 0.6 is 0 Å². The van der Waals surface area contributed by atoms with E-state index in [0.717, 1.165) is 42.3 Å². The summed E-state index contributed by atoms with van der Waals surface area (Å²) in [7, 11) is 2.16. The van der Waals surface area contributed by atoms with E-state index in [0.29, 0.717) is 29.7 Å². The van der Waals surface area contributed by atoms with Gasteiger partial charge in [-0.15, -0.1) is 11.5 Å². The zero-order valence-corrected chi connectivity index (χ0v) is 19.8. The van der Waals surface area contributed by atoms with Crippen LogP contribution in [0, 0.1) is 12.3 Å². The van der Waals surface area contributed by atoms with E-state index in [1.807, 2.05) is 48.7 Å². The predicted molar refractivity (Wildman–Crippen MR) is 136 cm³/mol. The van der Waals surface area contributed by atoms with E-state index < -0.39 is 0 Å². The van der Waals surface area contributed by atoms with E-state index >= 15 is 0 Å². The molecule has 0 saturated carbocycles. The molecular formula is C26H27N9. The summed E-state index contributed by atoms with van der Waals surface area (Å²) in [6.45, 7) is 5.75. The normalized spacial score (nSPS) is 16.3. The lowest BCUT2D eigenvalue weighted by molar-refractivity contribution is 0.274. The zero-order chi connectivity index (χ0) is 24.4. The van der Waals surface area contributed by atoms with Gasteiger partial charge in [-0.2, -0.15) is 0 Å². The number of piperazine rings is 1. The van der Waals surface area contributed by atoms with Gasteiger partial charge in [0.15, 0.2) is 0 Å². The number of likely N-dealkylation sites (N-methyl/N-ethyl adjacent to an activating group) is 1. The predicted octanol–water partition coefficient (Wildman–Crippen LogP) is 2.55. The molecule has 9 nitrogen and oxygen atoms in total. The number of rotatable bonds is 5. The molecule has 0 unspecified atom stereocenters. The first-order valence-electron chi connectivity index (χ1n) is 11.5. The number of aromatic nitrogens is 6. The average Bonchev–Trinajstić information content (AvgIpc) is 3.32. The Labute approximate surface area is 204 Å². The molecule has 1 saturated heterocycles. The molecule has 1 fully saturated rings. The molecule has 3 aromatic heterocycles. The van der Waals surface area contributed by atoms with E-state index in [2.05, 4.69) is 56.0 Å². The highest BCUT2D eigenvalue weighted by Crippen LogP contribution is 2.24. The summed E-state index contributed by atoms with van der Waals surface area (Å²) in [4.78, 5) is 18.3. The fourth-order valence-electron chi connectivity index (χ4n) is 4.37. The Bertz CT molecular complexity index is 1390. The number of terminal acetylenes is 1. The Morgan fingerprint density at radius 3 is 2.69 bits per heavy atom. The van der Waals surface area contributed by atoms with Crippen molar-refractivity contribution in [3.05, 3.63) is 66.0 Å². The lowest BCUT2D eigenvalue weighted by atomic mass is 10.1. The molecule has 0 amide bonds. The van der Waals surface area contributed by atoms with Gasteiger partial charge in [0, 0.05) is 36.8 Å². The highest BCUT2D eigenvalue weighted by Gasteiger charge is 2.22. The van der Waals surface area contributed by atoms with Crippen molar-refractivity contribution in [2.24, 2.45) is 0 Å². The lowest BCUT2D eigenvalue weighted by Crippen LogP contribution is -2.50. The summed E-state index contributed by atoms with van der Waals surface area (Å²) in [5, 5.41) is 8.61. The van der Waals surface area contributed by atoms with Crippen molar-refractivity contribution in [2.45, 2.75) is 19.5 Å². The Morgan fingerprint density at radius 1 is 1.03 bits per heavy atom. The standard InChI is InChI=1S/C26H27N9/c1-4-19-7-5-8-20(13-19)22-14-23(30-26(27)29-22)24-17-34(32-31-24)16-21-9-6-10-25(28-21)35-12-11-33(3)15-18(35)2/h1,5-10,13-14,17-18H,11-12,15-16H2,2-3H3,(H2,27,29,30)/t18-/m0/s1. The van der Waals surface area contributed by atoms with Crippen molar-refractivity contribution in [1.82, 2.24) is 34.8 Å². The van der Waals surface area contributed by atoms with Crippen LogP contribution in [0.2, 0.25) is 0 Å². The van der Waals surface area contributed by atoms with E-state index in [1.165, 1.54) is 0 Å². The van der Waals surface area contributed by atoms with E-state index in [4.69, 9.17) is 17.1 Å². The minimum Gasteiger partial charge on any atom is -0.368 e. The average molecular weight is 466 g/mol. The zero-order valence-electron chi connectivity index (χ0n) is 19.8. The molecule has 4 heterocycles. The number of hydrogen-bond donors (Lipinski definition) is 1. The Hall–Kier alpha value is -4.29. The molecule has 0 spiro atoms. The van der Waals surface area contributed by atoms with Gasteiger partial charge in [-0.3, -0.25) is 0 Å². The van der Waals surface area contributed by atoms with E-state index in [1.54, 1.807) is 4.68 Å². The number of hydrogen-bond acceptors (Lipinski definition) is 8. The van der Waals surface area contributed by atoms with E-state index in [-0.39, 0.29) is 5.95 Å². The van der Waals surface area contributed by atoms with Crippen LogP contribution in [-0.4, -0.2) is 67.6 Å². The molecule has 1 aliphatic heterocycles. The van der Waals surface area contributed by atoms with Gasteiger partial charge in [0.2, 0.25) is 5.95 Å². The molecule has 9 heteroatoms. The molecule has 4 aromatic rings. The highest BCUT2D eigenvalue weighted by atomic mass is 15.4. The summed E-state index contributed by atoms with van der Waals surface area (Å²) in [6, 6.07) is 16.0. The molecule has 176 valence electrons. The second-order valence-corrected chi connectivity index (χ2v) is 8.81. The summed E-state index contributed by atoms with van der Waals surface area (Å²) < 4.78 is 1.76. The summed E-state index contributed by atoms with van der Waals surface area (Å²) >= 11 is 0. The van der Waals surface area contributed by atoms with Gasteiger partial charge in [-0.1, -0.05) is 29.3 Å². The van der Waals surface area contributed by atoms with E-state index in [9.17, 15) is 0 Å². The van der Waals surface area contributed by atoms with Crippen LogP contribution < -0.4 is 10.6 Å². The third-order valence-corrected chi connectivity index (χ3v) is 6.11. The van der Waals surface area contributed by atoms with Gasteiger partial charge in [-0.05, 0) is 44.3 Å². The van der Waals surface area contributed by atoms with Gasteiger partial charge in [0.25, 0.3) is 0 Å². The first kappa shape index (κ1) is 22.5. The minimum atomic E-state index is 0.161. The van der Waals surface area contributed by atoms with Crippen LogP contribution in [0.15, 0.2) is 54.7 Å². The van der Waals surface area contributed by atoms with Gasteiger partial charge in [0.1, 0.15) is 11.5 Å². The fraction of sp³-hybridized carbons (Fsp3) is 0.269. The van der Waals surface area contributed by atoms with Crippen LogP contribution in [0.4, 0.5) is 11.8 Å². The van der Waals surface area contributed by atoms with Gasteiger partial charge >= 0.3 is 0 Å². The van der Waals surface area contributed by atoms with Crippen molar-refractivity contribution in [2.75, 3.05) is 37.3 Å². The molecule has 1 atom stereocenters. The Kier molecular flexibility index (Phi) is 6.12. The molecule has 0 aliphatic carbocycles. The third-order valence-electron chi connectivity index (χ3n) is 6.11. The number of pyridine rings is 1. The molecular weight excluding hydrogens is 438 g/mol.